The average molecular weight is 614 g/mol. The number of benzene rings is 3. The summed E-state index contributed by atoms with van der Waals surface area (Å²) in [6, 6.07) is 21.2. The second-order valence-corrected chi connectivity index (χ2v) is 12.2. The Labute approximate surface area is 255 Å². The lowest BCUT2D eigenvalue weighted by Gasteiger charge is -2.22. The van der Waals surface area contributed by atoms with Crippen LogP contribution in [0.15, 0.2) is 92.7 Å². The Kier molecular flexibility index (Phi) is 8.04. The predicted octanol–water partition coefficient (Wildman–Crippen LogP) is 5.58. The fourth-order valence-electron chi connectivity index (χ4n) is 5.08. The summed E-state index contributed by atoms with van der Waals surface area (Å²) in [7, 11) is 1.61. The van der Waals surface area contributed by atoms with E-state index in [4.69, 9.17) is 14.8 Å². The van der Waals surface area contributed by atoms with Crippen molar-refractivity contribution in [1.82, 2.24) is 14.6 Å². The number of nitro groups is 1. The van der Waals surface area contributed by atoms with E-state index in [0.29, 0.717) is 34.3 Å². The number of hydrazone groups is 1. The van der Waals surface area contributed by atoms with Gasteiger partial charge in [0, 0.05) is 30.7 Å². The minimum atomic E-state index is -0.487. The molecule has 1 atom stereocenters. The summed E-state index contributed by atoms with van der Waals surface area (Å²) >= 11 is 2.61. The molecule has 0 spiro atoms. The van der Waals surface area contributed by atoms with Crippen molar-refractivity contribution in [3.8, 4) is 11.4 Å². The zero-order chi connectivity index (χ0) is 30.1. The lowest BCUT2D eigenvalue weighted by molar-refractivity contribution is -0.384. The number of amides is 1. The van der Waals surface area contributed by atoms with Gasteiger partial charge < -0.3 is 4.74 Å². The molecule has 0 bridgehead atoms. The van der Waals surface area contributed by atoms with Crippen LogP contribution in [0.3, 0.4) is 0 Å². The van der Waals surface area contributed by atoms with E-state index < -0.39 is 4.92 Å². The highest BCUT2D eigenvalue weighted by molar-refractivity contribution is 8.00. The monoisotopic (exact) mass is 613 g/mol. The maximum atomic E-state index is 13.8. The van der Waals surface area contributed by atoms with Crippen LogP contribution in [-0.4, -0.2) is 49.7 Å². The third-order valence-corrected chi connectivity index (χ3v) is 9.39. The largest absolute Gasteiger partial charge is 0.497 e. The Hall–Kier alpha value is -4.42. The number of thioether (sulfide) groups is 2. The van der Waals surface area contributed by atoms with Crippen LogP contribution < -0.4 is 10.3 Å². The molecule has 4 aromatic rings. The van der Waals surface area contributed by atoms with Crippen LogP contribution in [-0.2, 0) is 11.2 Å². The molecule has 1 amide bonds. The van der Waals surface area contributed by atoms with Crippen molar-refractivity contribution in [2.75, 3.05) is 18.6 Å². The van der Waals surface area contributed by atoms with Gasteiger partial charge in [-0.1, -0.05) is 41.6 Å². The third-order valence-electron chi connectivity index (χ3n) is 7.36. The Balaban J connectivity index is 1.31. The Morgan fingerprint density at radius 1 is 1.09 bits per heavy atom. The van der Waals surface area contributed by atoms with Crippen LogP contribution in [0.2, 0.25) is 0 Å². The minimum absolute atomic E-state index is 0.00684. The van der Waals surface area contributed by atoms with Gasteiger partial charge in [0.1, 0.15) is 5.75 Å². The number of nitrogens with zero attached hydrogens (tertiary/aromatic N) is 5. The first kappa shape index (κ1) is 28.7. The highest BCUT2D eigenvalue weighted by Crippen LogP contribution is 2.35. The summed E-state index contributed by atoms with van der Waals surface area (Å²) in [5.74, 6) is 1.26. The molecule has 0 fully saturated rings. The average Bonchev–Trinajstić information content (AvgIpc) is 3.69. The first-order valence-corrected chi connectivity index (χ1v) is 15.6. The molecule has 1 aromatic heterocycles. The van der Waals surface area contributed by atoms with E-state index in [9.17, 15) is 19.7 Å². The number of fused-ring (bicyclic) bond motifs is 1. The van der Waals surface area contributed by atoms with Crippen molar-refractivity contribution in [3.63, 3.8) is 0 Å². The third kappa shape index (κ3) is 5.80. The molecular formula is C31H27N5O5S2. The number of carbonyl (C=O) groups is 1. The Morgan fingerprint density at radius 3 is 2.49 bits per heavy atom. The molecule has 0 N–H and O–H groups in total. The van der Waals surface area contributed by atoms with Gasteiger partial charge in [0.2, 0.25) is 0 Å². The fourth-order valence-corrected chi connectivity index (χ4v) is 6.98. The number of hydrogen-bond donors (Lipinski definition) is 0. The SMILES string of the molecule is COc1ccc(C2=NN(C(=O)CSc3nc4c(c(=O)n3-c3ccc([N+](=O)[O-])cc3)SCC4)C(c3ccc(C)cc3)C2)cc1. The maximum Gasteiger partial charge on any atom is 0.272 e. The van der Waals surface area contributed by atoms with E-state index in [0.717, 1.165) is 45.7 Å². The summed E-state index contributed by atoms with van der Waals surface area (Å²) in [5, 5.41) is 17.9. The molecule has 3 aromatic carbocycles. The van der Waals surface area contributed by atoms with E-state index >= 15 is 0 Å². The number of hydrogen-bond acceptors (Lipinski definition) is 9. The molecule has 43 heavy (non-hydrogen) atoms. The van der Waals surface area contributed by atoms with Gasteiger partial charge in [0.05, 0.1) is 45.8 Å². The van der Waals surface area contributed by atoms with Gasteiger partial charge in [0.15, 0.2) is 5.16 Å². The van der Waals surface area contributed by atoms with E-state index in [-0.39, 0.29) is 28.9 Å². The summed E-state index contributed by atoms with van der Waals surface area (Å²) < 4.78 is 6.73. The van der Waals surface area contributed by atoms with Gasteiger partial charge in [0.25, 0.3) is 17.2 Å². The standard InChI is InChI=1S/C31H27N5O5S2/c1-19-3-5-21(6-4-19)27-17-26(20-7-13-24(41-2)14-8-20)33-35(27)28(37)18-43-31-32-25-15-16-42-29(25)30(38)34(31)22-9-11-23(12-10-22)36(39)40/h3-14,27H,15-18H2,1-2H3. The summed E-state index contributed by atoms with van der Waals surface area (Å²) in [6.07, 6.45) is 1.21. The first-order valence-electron chi connectivity index (χ1n) is 13.6. The van der Waals surface area contributed by atoms with E-state index in [1.54, 1.807) is 7.11 Å². The second-order valence-electron chi connectivity index (χ2n) is 10.1. The number of non-ortho nitro benzene ring substituents is 1. The van der Waals surface area contributed by atoms with Gasteiger partial charge in [-0.05, 0) is 54.4 Å². The lowest BCUT2D eigenvalue weighted by Crippen LogP contribution is -2.29. The van der Waals surface area contributed by atoms with Gasteiger partial charge in [-0.15, -0.1) is 11.8 Å². The van der Waals surface area contributed by atoms with E-state index in [1.807, 2.05) is 55.5 Å². The molecule has 0 radical (unpaired) electrons. The predicted molar refractivity (Wildman–Crippen MR) is 167 cm³/mol. The zero-order valence-electron chi connectivity index (χ0n) is 23.4. The van der Waals surface area contributed by atoms with E-state index in [2.05, 4.69) is 0 Å². The molecule has 2 aliphatic rings. The molecule has 2 aliphatic heterocycles. The van der Waals surface area contributed by atoms with Crippen molar-refractivity contribution < 1.29 is 14.5 Å². The number of nitro benzene ring substituents is 1. The molecule has 0 saturated carbocycles. The number of methoxy groups -OCH3 is 1. The first-order chi connectivity index (χ1) is 20.8. The number of rotatable bonds is 8. The Morgan fingerprint density at radius 2 is 1.81 bits per heavy atom. The molecule has 0 saturated heterocycles. The van der Waals surface area contributed by atoms with Crippen molar-refractivity contribution in [1.29, 1.82) is 0 Å². The smallest absolute Gasteiger partial charge is 0.272 e. The summed E-state index contributed by atoms with van der Waals surface area (Å²) in [5.41, 5.74) is 4.64. The van der Waals surface area contributed by atoms with Gasteiger partial charge in [-0.2, -0.15) is 5.10 Å². The number of aromatic nitrogens is 2. The molecule has 6 rings (SSSR count). The highest BCUT2D eigenvalue weighted by Gasteiger charge is 2.33. The highest BCUT2D eigenvalue weighted by atomic mass is 32.2. The van der Waals surface area contributed by atoms with Crippen LogP contribution in [0.1, 0.15) is 34.8 Å². The van der Waals surface area contributed by atoms with Crippen LogP contribution in [0.25, 0.3) is 5.69 Å². The van der Waals surface area contributed by atoms with Crippen molar-refractivity contribution >= 4 is 40.8 Å². The van der Waals surface area contributed by atoms with Crippen molar-refractivity contribution in [2.24, 2.45) is 5.10 Å². The quantitative estimate of drug-likeness (QED) is 0.109. The molecule has 0 aliphatic carbocycles. The lowest BCUT2D eigenvalue weighted by atomic mass is 9.97. The molecule has 218 valence electrons. The molecule has 3 heterocycles. The molecule has 1 unspecified atom stereocenters. The summed E-state index contributed by atoms with van der Waals surface area (Å²) in [6.45, 7) is 2.02. The van der Waals surface area contributed by atoms with E-state index in [1.165, 1.54) is 45.6 Å². The zero-order valence-corrected chi connectivity index (χ0v) is 25.1. The van der Waals surface area contributed by atoms with Crippen molar-refractivity contribution in [3.05, 3.63) is 116 Å². The fraction of sp³-hybridized carbons (Fsp3) is 0.226. The number of aryl methyl sites for hydroxylation is 2. The number of carbonyl (C=O) groups excluding carboxylic acids is 1. The van der Waals surface area contributed by atoms with Crippen LogP contribution in [0, 0.1) is 17.0 Å². The normalized spacial score (nSPS) is 15.7. The van der Waals surface area contributed by atoms with Crippen LogP contribution >= 0.6 is 23.5 Å². The van der Waals surface area contributed by atoms with Gasteiger partial charge >= 0.3 is 0 Å². The molecule has 12 heteroatoms. The summed E-state index contributed by atoms with van der Waals surface area (Å²) in [4.78, 5) is 43.4. The van der Waals surface area contributed by atoms with Gasteiger partial charge in [-0.3, -0.25) is 24.3 Å². The maximum absolute atomic E-state index is 13.8. The molecule has 10 nitrogen and oxygen atoms in total. The topological polar surface area (TPSA) is 120 Å². The van der Waals surface area contributed by atoms with Crippen LogP contribution in [0.5, 0.6) is 5.75 Å². The van der Waals surface area contributed by atoms with Crippen LogP contribution in [0.4, 0.5) is 5.69 Å². The minimum Gasteiger partial charge on any atom is -0.497 e. The molecular weight excluding hydrogens is 587 g/mol. The Bertz CT molecular complexity index is 1790. The second kappa shape index (κ2) is 12.1. The van der Waals surface area contributed by atoms with Gasteiger partial charge in [-0.25, -0.2) is 9.99 Å². The van der Waals surface area contributed by atoms with Crippen molar-refractivity contribution in [2.45, 2.75) is 35.9 Å². The number of ether oxygens (including phenoxy) is 1.